The molecule has 0 radical (unpaired) electrons. The Labute approximate surface area is 76.3 Å². The second-order valence-electron chi connectivity index (χ2n) is 3.99. The number of carboxylic acid groups (broad SMARTS) is 1. The van der Waals surface area contributed by atoms with Gasteiger partial charge in [-0.2, -0.15) is 0 Å². The third kappa shape index (κ3) is 1.46. The Hall–Kier alpha value is -0.900. The lowest BCUT2D eigenvalue weighted by Crippen LogP contribution is -2.51. The molecule has 0 aromatic carbocycles. The Kier molecular flexibility index (Phi) is 2.07. The van der Waals surface area contributed by atoms with E-state index < -0.39 is 5.97 Å². The molecule has 0 spiro atoms. The molecule has 1 aliphatic heterocycles. The highest BCUT2D eigenvalue weighted by Crippen LogP contribution is 2.35. The summed E-state index contributed by atoms with van der Waals surface area (Å²) < 4.78 is 0. The van der Waals surface area contributed by atoms with Gasteiger partial charge in [-0.25, -0.2) is 0 Å². The van der Waals surface area contributed by atoms with Crippen molar-refractivity contribution in [2.75, 3.05) is 13.1 Å². The first-order valence-corrected chi connectivity index (χ1v) is 4.63. The van der Waals surface area contributed by atoms with E-state index in [0.29, 0.717) is 25.9 Å². The fraction of sp³-hybridized carbons (Fsp3) is 0.778. The van der Waals surface area contributed by atoms with Gasteiger partial charge < -0.3 is 10.4 Å². The Morgan fingerprint density at radius 2 is 1.85 bits per heavy atom. The number of ketones is 1. The zero-order valence-corrected chi connectivity index (χ0v) is 7.32. The van der Waals surface area contributed by atoms with E-state index in [4.69, 9.17) is 5.11 Å². The molecule has 2 aliphatic rings. The van der Waals surface area contributed by atoms with Gasteiger partial charge >= 0.3 is 5.97 Å². The molecular formula is C9H13NO3. The quantitative estimate of drug-likeness (QED) is 0.595. The average Bonchev–Trinajstić information content (AvgIpc) is 2.01. The minimum atomic E-state index is -0.732. The van der Waals surface area contributed by atoms with Gasteiger partial charge in [0, 0.05) is 12.8 Å². The highest BCUT2D eigenvalue weighted by Gasteiger charge is 2.43. The van der Waals surface area contributed by atoms with Crippen LogP contribution in [0.1, 0.15) is 12.8 Å². The summed E-state index contributed by atoms with van der Waals surface area (Å²) in [6, 6.07) is 0. The molecule has 2 fully saturated rings. The van der Waals surface area contributed by atoms with Crippen molar-refractivity contribution in [3.8, 4) is 0 Å². The summed E-state index contributed by atoms with van der Waals surface area (Å²) in [4.78, 5) is 22.2. The topological polar surface area (TPSA) is 66.4 Å². The van der Waals surface area contributed by atoms with Crippen LogP contribution in [0.5, 0.6) is 0 Å². The van der Waals surface area contributed by atoms with Gasteiger partial charge in [0.15, 0.2) is 0 Å². The van der Waals surface area contributed by atoms with Crippen LogP contribution in [0.25, 0.3) is 0 Å². The van der Waals surface area contributed by atoms with Crippen LogP contribution in [0.15, 0.2) is 0 Å². The van der Waals surface area contributed by atoms with Gasteiger partial charge in [0.2, 0.25) is 0 Å². The Bertz CT molecular complexity index is 235. The van der Waals surface area contributed by atoms with Gasteiger partial charge in [-0.15, -0.1) is 0 Å². The molecule has 4 nitrogen and oxygen atoms in total. The van der Waals surface area contributed by atoms with Crippen molar-refractivity contribution in [1.29, 1.82) is 0 Å². The van der Waals surface area contributed by atoms with Crippen LogP contribution in [-0.4, -0.2) is 29.9 Å². The molecular weight excluding hydrogens is 170 g/mol. The van der Waals surface area contributed by atoms with Crippen LogP contribution in [-0.2, 0) is 9.59 Å². The van der Waals surface area contributed by atoms with Crippen molar-refractivity contribution < 1.29 is 14.7 Å². The maximum absolute atomic E-state index is 11.2. The molecule has 2 atom stereocenters. The van der Waals surface area contributed by atoms with Crippen LogP contribution in [0.3, 0.4) is 0 Å². The predicted molar refractivity (Wildman–Crippen MR) is 45.2 cm³/mol. The number of rotatable bonds is 1. The van der Waals surface area contributed by atoms with E-state index in [0.717, 1.165) is 0 Å². The molecule has 2 unspecified atom stereocenters. The molecule has 2 N–H and O–H groups in total. The zero-order valence-electron chi connectivity index (χ0n) is 7.32. The lowest BCUT2D eigenvalue weighted by Gasteiger charge is -2.39. The van der Waals surface area contributed by atoms with Crippen LogP contribution >= 0.6 is 0 Å². The number of fused-ring (bicyclic) bond motifs is 2. The van der Waals surface area contributed by atoms with Crippen molar-refractivity contribution >= 4 is 11.8 Å². The van der Waals surface area contributed by atoms with E-state index in [1.165, 1.54) is 0 Å². The number of carboxylic acids is 1. The van der Waals surface area contributed by atoms with Gasteiger partial charge in [0.05, 0.1) is 5.92 Å². The molecule has 1 saturated heterocycles. The van der Waals surface area contributed by atoms with Gasteiger partial charge in [-0.3, -0.25) is 9.59 Å². The Morgan fingerprint density at radius 3 is 2.31 bits per heavy atom. The first-order chi connectivity index (χ1) is 6.18. The maximum Gasteiger partial charge on any atom is 0.307 e. The molecule has 13 heavy (non-hydrogen) atoms. The molecule has 4 heteroatoms. The SMILES string of the molecule is O=C1CC2CNCC(C1)C2C(=O)O. The first-order valence-electron chi connectivity index (χ1n) is 4.63. The molecule has 2 bridgehead atoms. The maximum atomic E-state index is 11.2. The van der Waals surface area contributed by atoms with Crippen LogP contribution in [0.2, 0.25) is 0 Å². The van der Waals surface area contributed by atoms with E-state index in [2.05, 4.69) is 5.32 Å². The molecule has 1 aliphatic carbocycles. The molecule has 2 rings (SSSR count). The molecule has 72 valence electrons. The van der Waals surface area contributed by atoms with Crippen molar-refractivity contribution in [2.45, 2.75) is 12.8 Å². The number of carbonyl (C=O) groups is 2. The molecule has 0 aromatic heterocycles. The van der Waals surface area contributed by atoms with Crippen molar-refractivity contribution in [3.63, 3.8) is 0 Å². The number of aliphatic carboxylic acids is 1. The van der Waals surface area contributed by atoms with Crippen LogP contribution < -0.4 is 5.32 Å². The van der Waals surface area contributed by atoms with Gasteiger partial charge in [-0.1, -0.05) is 0 Å². The normalized spacial score (nSPS) is 38.8. The number of nitrogens with one attached hydrogen (secondary N) is 1. The number of hydrogen-bond donors (Lipinski definition) is 2. The summed E-state index contributed by atoms with van der Waals surface area (Å²) in [5.74, 6) is -0.744. The molecule has 0 aromatic rings. The number of piperidine rings is 1. The van der Waals surface area contributed by atoms with E-state index in [-0.39, 0.29) is 23.5 Å². The summed E-state index contributed by atoms with van der Waals surface area (Å²) in [7, 11) is 0. The molecule has 1 heterocycles. The first kappa shape index (κ1) is 8.69. The van der Waals surface area contributed by atoms with E-state index in [1.807, 2.05) is 0 Å². The summed E-state index contributed by atoms with van der Waals surface area (Å²) in [6.45, 7) is 1.36. The van der Waals surface area contributed by atoms with Crippen LogP contribution in [0, 0.1) is 17.8 Å². The largest absolute Gasteiger partial charge is 0.481 e. The lowest BCUT2D eigenvalue weighted by molar-refractivity contribution is -0.150. The molecule has 0 amide bonds. The second kappa shape index (κ2) is 3.10. The number of Topliss-reactive ketones (excluding diaryl/α,β-unsaturated/α-hetero) is 1. The van der Waals surface area contributed by atoms with Crippen molar-refractivity contribution in [3.05, 3.63) is 0 Å². The third-order valence-electron chi connectivity index (χ3n) is 3.09. The van der Waals surface area contributed by atoms with Gasteiger partial charge in [-0.05, 0) is 24.9 Å². The minimum Gasteiger partial charge on any atom is -0.481 e. The Morgan fingerprint density at radius 1 is 1.31 bits per heavy atom. The van der Waals surface area contributed by atoms with E-state index in [9.17, 15) is 9.59 Å². The third-order valence-corrected chi connectivity index (χ3v) is 3.09. The van der Waals surface area contributed by atoms with Gasteiger partial charge in [0.1, 0.15) is 5.78 Å². The monoisotopic (exact) mass is 183 g/mol. The van der Waals surface area contributed by atoms with E-state index in [1.54, 1.807) is 0 Å². The highest BCUT2D eigenvalue weighted by atomic mass is 16.4. The summed E-state index contributed by atoms with van der Waals surface area (Å²) in [6.07, 6.45) is 0.890. The minimum absolute atomic E-state index is 0.0255. The standard InChI is InChI=1S/C9H13NO3/c11-7-1-5-3-10-4-6(2-7)8(5)9(12)13/h5-6,8,10H,1-4H2,(H,12,13). The summed E-state index contributed by atoms with van der Waals surface area (Å²) in [5.41, 5.74) is 0. The highest BCUT2D eigenvalue weighted by molar-refractivity contribution is 5.83. The van der Waals surface area contributed by atoms with Crippen molar-refractivity contribution in [2.24, 2.45) is 17.8 Å². The summed E-state index contributed by atoms with van der Waals surface area (Å²) >= 11 is 0. The van der Waals surface area contributed by atoms with Crippen LogP contribution in [0.4, 0.5) is 0 Å². The fourth-order valence-corrected chi connectivity index (χ4v) is 2.56. The average molecular weight is 183 g/mol. The van der Waals surface area contributed by atoms with Gasteiger partial charge in [0.25, 0.3) is 0 Å². The predicted octanol–water partition coefficient (Wildman–Crippen LogP) is -0.114. The molecule has 1 saturated carbocycles. The second-order valence-corrected chi connectivity index (χ2v) is 3.99. The Balaban J connectivity index is 2.19. The smallest absolute Gasteiger partial charge is 0.307 e. The fourth-order valence-electron chi connectivity index (χ4n) is 2.56. The lowest BCUT2D eigenvalue weighted by atomic mass is 9.69. The number of carbonyl (C=O) groups excluding carboxylic acids is 1. The van der Waals surface area contributed by atoms with Crippen molar-refractivity contribution in [1.82, 2.24) is 5.32 Å². The van der Waals surface area contributed by atoms with E-state index >= 15 is 0 Å². The number of hydrogen-bond acceptors (Lipinski definition) is 3. The zero-order chi connectivity index (χ0) is 9.42. The summed E-state index contributed by atoms with van der Waals surface area (Å²) in [5, 5.41) is 12.2.